The van der Waals surface area contributed by atoms with Gasteiger partial charge in [-0.05, 0) is 53.9 Å². The van der Waals surface area contributed by atoms with Crippen molar-refractivity contribution in [3.63, 3.8) is 0 Å². The predicted octanol–water partition coefficient (Wildman–Crippen LogP) is 3.62. The van der Waals surface area contributed by atoms with Crippen LogP contribution in [0.5, 0.6) is 5.75 Å². The number of hydrogen-bond acceptors (Lipinski definition) is 8. The molecule has 3 aromatic rings. The van der Waals surface area contributed by atoms with Crippen molar-refractivity contribution < 1.29 is 41.4 Å². The Kier molecular flexibility index (Phi) is 8.58. The molecule has 4 aliphatic rings. The summed E-state index contributed by atoms with van der Waals surface area (Å²) in [4.78, 5) is 46.5. The van der Waals surface area contributed by atoms with Gasteiger partial charge in [-0.25, -0.2) is 9.37 Å². The maximum absolute atomic E-state index is 15.3. The van der Waals surface area contributed by atoms with E-state index in [2.05, 4.69) is 15.2 Å². The lowest BCUT2D eigenvalue weighted by molar-refractivity contribution is -0.155. The number of nitrogens with zero attached hydrogens (tertiary/aromatic N) is 4. The summed E-state index contributed by atoms with van der Waals surface area (Å²) in [7, 11) is 1.63. The standard InChI is InChI=1S/C34H35F4N5O5/c1-47-17-23-14-41(11-19-8-20-2-5-27(39-31(20)26(35)9-19)22-12-42(13-22)18-34(36,37)38)16-29(23)48-24-3-4-25-21(10-24)15-43(33(25)46)28-6-7-30(44)40-32(28)45/h2-5,8-10,22-23,28-29H,6-7,11-18H2,1H3,(H,40,44,45)/t23-,28-,29+/m0/s1. The summed E-state index contributed by atoms with van der Waals surface area (Å²) in [5.74, 6) is -1.07. The third-order valence-electron chi connectivity index (χ3n) is 9.63. The molecule has 2 aromatic carbocycles. The summed E-state index contributed by atoms with van der Waals surface area (Å²) in [5.41, 5.74) is 2.81. The van der Waals surface area contributed by atoms with E-state index < -0.39 is 30.5 Å². The molecule has 48 heavy (non-hydrogen) atoms. The first-order valence-corrected chi connectivity index (χ1v) is 16.0. The number of amides is 3. The average molecular weight is 670 g/mol. The largest absolute Gasteiger partial charge is 0.489 e. The maximum atomic E-state index is 15.3. The molecular formula is C34H35F4N5O5. The Bertz CT molecular complexity index is 1760. The van der Waals surface area contributed by atoms with Gasteiger partial charge in [-0.15, -0.1) is 0 Å². The van der Waals surface area contributed by atoms with Crippen molar-refractivity contribution in [3.8, 4) is 5.75 Å². The zero-order chi connectivity index (χ0) is 33.7. The van der Waals surface area contributed by atoms with Crippen LogP contribution in [0.2, 0.25) is 0 Å². The van der Waals surface area contributed by atoms with Crippen LogP contribution in [0.4, 0.5) is 17.6 Å². The molecule has 0 bridgehead atoms. The molecule has 0 aliphatic carbocycles. The first kappa shape index (κ1) is 32.4. The summed E-state index contributed by atoms with van der Waals surface area (Å²) >= 11 is 0. The molecule has 10 nitrogen and oxygen atoms in total. The Morgan fingerprint density at radius 3 is 2.56 bits per heavy atom. The molecule has 1 aromatic heterocycles. The van der Waals surface area contributed by atoms with Crippen molar-refractivity contribution >= 4 is 28.6 Å². The van der Waals surface area contributed by atoms with Gasteiger partial charge in [0.2, 0.25) is 11.8 Å². The summed E-state index contributed by atoms with van der Waals surface area (Å²) in [6.45, 7) is 1.89. The molecule has 1 N–H and O–H groups in total. The average Bonchev–Trinajstić information content (AvgIpc) is 3.53. The molecule has 0 radical (unpaired) electrons. The van der Waals surface area contributed by atoms with E-state index in [4.69, 9.17) is 9.47 Å². The monoisotopic (exact) mass is 669 g/mol. The lowest BCUT2D eigenvalue weighted by Gasteiger charge is -2.39. The molecule has 0 spiro atoms. The van der Waals surface area contributed by atoms with Crippen molar-refractivity contribution in [1.82, 2.24) is 25.0 Å². The van der Waals surface area contributed by atoms with Crippen LogP contribution >= 0.6 is 0 Å². The van der Waals surface area contributed by atoms with Crippen molar-refractivity contribution in [1.29, 1.82) is 0 Å². The van der Waals surface area contributed by atoms with Crippen LogP contribution < -0.4 is 10.1 Å². The number of rotatable bonds is 9. The first-order valence-electron chi connectivity index (χ1n) is 16.0. The summed E-state index contributed by atoms with van der Waals surface area (Å²) < 4.78 is 65.2. The molecule has 0 unspecified atom stereocenters. The Hall–Kier alpha value is -4.14. The molecule has 14 heteroatoms. The van der Waals surface area contributed by atoms with Crippen LogP contribution in [0.3, 0.4) is 0 Å². The van der Waals surface area contributed by atoms with E-state index in [1.807, 2.05) is 12.1 Å². The topological polar surface area (TPSA) is 104 Å². The number of benzene rings is 2. The van der Waals surface area contributed by atoms with Gasteiger partial charge in [0, 0.05) is 81.3 Å². The molecule has 254 valence electrons. The van der Waals surface area contributed by atoms with Crippen molar-refractivity contribution in [2.45, 2.75) is 50.2 Å². The van der Waals surface area contributed by atoms with Gasteiger partial charge in [-0.1, -0.05) is 6.07 Å². The van der Waals surface area contributed by atoms with Gasteiger partial charge in [0.1, 0.15) is 29.2 Å². The number of ether oxygens (including phenoxy) is 2. The lowest BCUT2D eigenvalue weighted by atomic mass is 9.95. The number of methoxy groups -OCH3 is 1. The van der Waals surface area contributed by atoms with Gasteiger partial charge < -0.3 is 14.4 Å². The van der Waals surface area contributed by atoms with Gasteiger partial charge in [0.25, 0.3) is 5.91 Å². The molecule has 7 rings (SSSR count). The van der Waals surface area contributed by atoms with Gasteiger partial charge in [-0.3, -0.25) is 29.5 Å². The number of hydrogen-bond donors (Lipinski definition) is 1. The fourth-order valence-electron chi connectivity index (χ4n) is 7.34. The number of halogens is 4. The second-order valence-electron chi connectivity index (χ2n) is 13.2. The number of piperidine rings is 1. The van der Waals surface area contributed by atoms with E-state index in [1.165, 1.54) is 15.9 Å². The number of alkyl halides is 3. The molecule has 4 aliphatic heterocycles. The maximum Gasteiger partial charge on any atom is 0.401 e. The van der Waals surface area contributed by atoms with E-state index >= 15 is 4.39 Å². The van der Waals surface area contributed by atoms with E-state index in [1.54, 1.807) is 31.4 Å². The molecule has 3 atom stereocenters. The summed E-state index contributed by atoms with van der Waals surface area (Å²) in [5, 5.41) is 2.94. The third-order valence-corrected chi connectivity index (χ3v) is 9.63. The van der Waals surface area contributed by atoms with Crippen molar-refractivity contribution in [2.24, 2.45) is 5.92 Å². The predicted molar refractivity (Wildman–Crippen MR) is 164 cm³/mol. The highest BCUT2D eigenvalue weighted by molar-refractivity contribution is 6.05. The lowest BCUT2D eigenvalue weighted by Crippen LogP contribution is -2.52. The van der Waals surface area contributed by atoms with Gasteiger partial charge >= 0.3 is 6.18 Å². The number of aromatic nitrogens is 1. The van der Waals surface area contributed by atoms with Gasteiger partial charge in [0.05, 0.1) is 13.2 Å². The Labute approximate surface area is 274 Å². The number of carbonyl (C=O) groups excluding carboxylic acids is 3. The SMILES string of the molecule is COC[C@@H]1CN(Cc2cc(F)c3nc(C4CN(CC(F)(F)F)C4)ccc3c2)C[C@H]1Oc1ccc2c(c1)CN([C@H]1CCC(=O)NC1=O)C2=O. The molecule has 3 amide bonds. The Balaban J connectivity index is 0.999. The fourth-order valence-corrected chi connectivity index (χ4v) is 7.34. The van der Waals surface area contributed by atoms with Gasteiger partial charge in [0.15, 0.2) is 0 Å². The molecule has 0 saturated carbocycles. The highest BCUT2D eigenvalue weighted by Crippen LogP contribution is 2.34. The highest BCUT2D eigenvalue weighted by atomic mass is 19.4. The number of likely N-dealkylation sites (tertiary alicyclic amines) is 2. The van der Waals surface area contributed by atoms with Crippen LogP contribution in [0.15, 0.2) is 42.5 Å². The van der Waals surface area contributed by atoms with E-state index in [9.17, 15) is 27.6 Å². The third kappa shape index (κ3) is 6.61. The molecular weight excluding hydrogens is 634 g/mol. The minimum Gasteiger partial charge on any atom is -0.489 e. The van der Waals surface area contributed by atoms with E-state index in [0.29, 0.717) is 48.6 Å². The number of imide groups is 1. The van der Waals surface area contributed by atoms with Crippen LogP contribution in [0, 0.1) is 11.7 Å². The van der Waals surface area contributed by atoms with Crippen molar-refractivity contribution in [3.05, 3.63) is 70.7 Å². The van der Waals surface area contributed by atoms with E-state index in [-0.39, 0.29) is 67.7 Å². The zero-order valence-corrected chi connectivity index (χ0v) is 26.3. The van der Waals surface area contributed by atoms with Crippen LogP contribution in [0.25, 0.3) is 10.9 Å². The minimum absolute atomic E-state index is 0.0266. The Morgan fingerprint density at radius 1 is 1.00 bits per heavy atom. The quantitative estimate of drug-likeness (QED) is 0.272. The zero-order valence-electron chi connectivity index (χ0n) is 26.3. The van der Waals surface area contributed by atoms with E-state index in [0.717, 1.165) is 11.1 Å². The minimum atomic E-state index is -4.25. The molecule has 3 saturated heterocycles. The summed E-state index contributed by atoms with van der Waals surface area (Å²) in [6.07, 6.45) is -4.01. The summed E-state index contributed by atoms with van der Waals surface area (Å²) in [6, 6.07) is 11.5. The first-order chi connectivity index (χ1) is 22.9. The number of carbonyl (C=O) groups is 3. The number of fused-ring (bicyclic) bond motifs is 2. The van der Waals surface area contributed by atoms with Crippen LogP contribution in [-0.2, 0) is 27.4 Å². The second-order valence-corrected chi connectivity index (χ2v) is 13.2. The number of nitrogens with one attached hydrogen (secondary N) is 1. The fraction of sp³-hybridized carbons (Fsp3) is 0.471. The smallest absolute Gasteiger partial charge is 0.401 e. The molecule has 3 fully saturated rings. The second kappa shape index (κ2) is 12.7. The normalized spacial score (nSPS) is 23.9. The van der Waals surface area contributed by atoms with Crippen LogP contribution in [-0.4, -0.2) is 102 Å². The van der Waals surface area contributed by atoms with Gasteiger partial charge in [-0.2, -0.15) is 13.2 Å². The number of pyridine rings is 1. The van der Waals surface area contributed by atoms with Crippen molar-refractivity contribution in [2.75, 3.05) is 46.4 Å². The van der Waals surface area contributed by atoms with Crippen LogP contribution in [0.1, 0.15) is 45.9 Å². The molecule has 5 heterocycles. The highest BCUT2D eigenvalue weighted by Gasteiger charge is 2.41. The Morgan fingerprint density at radius 2 is 1.81 bits per heavy atom.